The number of hydrogen-bond acceptors (Lipinski definition) is 4. The molecule has 2 aliphatic heterocycles. The predicted molar refractivity (Wildman–Crippen MR) is 71.7 cm³/mol. The number of hydrogen-bond donors (Lipinski definition) is 1. The highest BCUT2D eigenvalue weighted by molar-refractivity contribution is 5.68. The molecule has 2 saturated heterocycles. The van der Waals surface area contributed by atoms with Gasteiger partial charge >= 0.3 is 0 Å². The highest BCUT2D eigenvalue weighted by atomic mass is 16.7. The fourth-order valence-electron chi connectivity index (χ4n) is 2.80. The van der Waals surface area contributed by atoms with E-state index in [0.29, 0.717) is 0 Å². The van der Waals surface area contributed by atoms with Gasteiger partial charge in [-0.15, -0.1) is 0 Å². The van der Waals surface area contributed by atoms with Crippen molar-refractivity contribution in [2.24, 2.45) is 0 Å². The fraction of sp³-hybridized carbons (Fsp3) is 0.571. The van der Waals surface area contributed by atoms with Gasteiger partial charge in [0.05, 0.1) is 24.6 Å². The first kappa shape index (κ1) is 11.8. The lowest BCUT2D eigenvalue weighted by atomic mass is 10.0. The van der Waals surface area contributed by atoms with Crippen LogP contribution in [0.25, 0.3) is 0 Å². The molecule has 0 unspecified atom stereocenters. The number of aryl methyl sites for hydroxylation is 1. The van der Waals surface area contributed by atoms with Gasteiger partial charge in [0.15, 0.2) is 5.79 Å². The molecule has 2 N–H and O–H groups in total. The summed E-state index contributed by atoms with van der Waals surface area (Å²) in [5.74, 6) is -0.310. The van der Waals surface area contributed by atoms with E-state index in [1.54, 1.807) is 0 Å². The average molecular weight is 248 g/mol. The van der Waals surface area contributed by atoms with Crippen molar-refractivity contribution >= 4 is 11.4 Å². The summed E-state index contributed by atoms with van der Waals surface area (Å²) in [6.45, 7) is 5.43. The van der Waals surface area contributed by atoms with Gasteiger partial charge in [-0.2, -0.15) is 0 Å². The molecule has 4 nitrogen and oxygen atoms in total. The molecule has 2 heterocycles. The first-order chi connectivity index (χ1) is 8.69. The zero-order chi connectivity index (χ0) is 12.6. The Balaban J connectivity index is 1.74. The number of piperidine rings is 1. The average Bonchev–Trinajstić information content (AvgIpc) is 2.82. The Kier molecular flexibility index (Phi) is 2.92. The molecule has 0 amide bonds. The summed E-state index contributed by atoms with van der Waals surface area (Å²) in [6.07, 6.45) is 1.83. The minimum Gasteiger partial charge on any atom is -0.397 e. The SMILES string of the molecule is Cc1ccc(N)c(N2CCC3(CC2)OCCO3)c1. The summed E-state index contributed by atoms with van der Waals surface area (Å²) in [5.41, 5.74) is 9.30. The Bertz CT molecular complexity index is 431. The Labute approximate surface area is 108 Å². The first-order valence-electron chi connectivity index (χ1n) is 6.58. The molecule has 4 heteroatoms. The van der Waals surface area contributed by atoms with Gasteiger partial charge in [0.2, 0.25) is 0 Å². The van der Waals surface area contributed by atoms with Crippen molar-refractivity contribution in [2.75, 3.05) is 36.9 Å². The van der Waals surface area contributed by atoms with Gasteiger partial charge in [-0.25, -0.2) is 0 Å². The molecule has 0 radical (unpaired) electrons. The predicted octanol–water partition coefficient (Wildman–Crippen LogP) is 1.92. The largest absolute Gasteiger partial charge is 0.397 e. The molecule has 0 aliphatic carbocycles. The van der Waals surface area contributed by atoms with Gasteiger partial charge in [0.1, 0.15) is 0 Å². The molecule has 0 atom stereocenters. The molecule has 0 saturated carbocycles. The third kappa shape index (κ3) is 2.06. The topological polar surface area (TPSA) is 47.7 Å². The van der Waals surface area contributed by atoms with Crippen LogP contribution in [-0.4, -0.2) is 32.1 Å². The van der Waals surface area contributed by atoms with E-state index in [-0.39, 0.29) is 5.79 Å². The van der Waals surface area contributed by atoms with E-state index in [9.17, 15) is 0 Å². The number of nitrogens with zero attached hydrogens (tertiary/aromatic N) is 1. The van der Waals surface area contributed by atoms with Crippen LogP contribution in [0.15, 0.2) is 18.2 Å². The molecular formula is C14H20N2O2. The summed E-state index contributed by atoms with van der Waals surface area (Å²) >= 11 is 0. The second-order valence-corrected chi connectivity index (χ2v) is 5.16. The third-order valence-electron chi connectivity index (χ3n) is 3.87. The van der Waals surface area contributed by atoms with E-state index < -0.39 is 0 Å². The van der Waals surface area contributed by atoms with Crippen molar-refractivity contribution in [1.82, 2.24) is 0 Å². The lowest BCUT2D eigenvalue weighted by Gasteiger charge is -2.39. The zero-order valence-electron chi connectivity index (χ0n) is 10.8. The molecule has 1 aromatic rings. The van der Waals surface area contributed by atoms with E-state index in [2.05, 4.69) is 17.9 Å². The second-order valence-electron chi connectivity index (χ2n) is 5.16. The molecule has 18 heavy (non-hydrogen) atoms. The summed E-state index contributed by atoms with van der Waals surface area (Å²) in [6, 6.07) is 6.19. The van der Waals surface area contributed by atoms with Gasteiger partial charge < -0.3 is 20.1 Å². The normalized spacial score (nSPS) is 22.6. The lowest BCUT2D eigenvalue weighted by molar-refractivity contribution is -0.169. The molecule has 3 rings (SSSR count). The maximum atomic E-state index is 6.06. The van der Waals surface area contributed by atoms with Crippen LogP contribution in [0.5, 0.6) is 0 Å². The summed E-state index contributed by atoms with van der Waals surface area (Å²) in [5, 5.41) is 0. The number of nitrogen functional groups attached to an aromatic ring is 1. The highest BCUT2D eigenvalue weighted by Crippen LogP contribution is 2.35. The summed E-state index contributed by atoms with van der Waals surface area (Å²) in [7, 11) is 0. The quantitative estimate of drug-likeness (QED) is 0.771. The van der Waals surface area contributed by atoms with E-state index in [1.807, 2.05) is 12.1 Å². The Hall–Kier alpha value is -1.26. The van der Waals surface area contributed by atoms with E-state index in [4.69, 9.17) is 15.2 Å². The Morgan fingerprint density at radius 3 is 2.50 bits per heavy atom. The van der Waals surface area contributed by atoms with Crippen molar-refractivity contribution in [3.05, 3.63) is 23.8 Å². The standard InChI is InChI=1S/C14H20N2O2/c1-11-2-3-12(15)13(10-11)16-6-4-14(5-7-16)17-8-9-18-14/h2-3,10H,4-9,15H2,1H3. The number of anilines is 2. The number of ether oxygens (including phenoxy) is 2. The number of nitrogens with two attached hydrogens (primary N) is 1. The minimum atomic E-state index is -0.310. The van der Waals surface area contributed by atoms with Crippen molar-refractivity contribution in [1.29, 1.82) is 0 Å². The highest BCUT2D eigenvalue weighted by Gasteiger charge is 2.39. The molecule has 1 spiro atoms. The van der Waals surface area contributed by atoms with Crippen LogP contribution in [0.1, 0.15) is 18.4 Å². The lowest BCUT2D eigenvalue weighted by Crippen LogP contribution is -2.45. The van der Waals surface area contributed by atoms with E-state index in [1.165, 1.54) is 5.56 Å². The van der Waals surface area contributed by atoms with E-state index in [0.717, 1.165) is 50.5 Å². The van der Waals surface area contributed by atoms with Crippen LogP contribution in [-0.2, 0) is 9.47 Å². The minimum absolute atomic E-state index is 0.310. The molecule has 1 aromatic carbocycles. The number of rotatable bonds is 1. The van der Waals surface area contributed by atoms with Crippen LogP contribution in [0.2, 0.25) is 0 Å². The van der Waals surface area contributed by atoms with Gasteiger partial charge in [0.25, 0.3) is 0 Å². The maximum Gasteiger partial charge on any atom is 0.171 e. The second kappa shape index (κ2) is 4.44. The Morgan fingerprint density at radius 2 is 1.83 bits per heavy atom. The van der Waals surface area contributed by atoms with Gasteiger partial charge in [-0.1, -0.05) is 6.07 Å². The molecule has 2 fully saturated rings. The number of benzene rings is 1. The van der Waals surface area contributed by atoms with Crippen LogP contribution in [0.4, 0.5) is 11.4 Å². The molecule has 2 aliphatic rings. The van der Waals surface area contributed by atoms with Crippen molar-refractivity contribution in [3.63, 3.8) is 0 Å². The van der Waals surface area contributed by atoms with Crippen molar-refractivity contribution < 1.29 is 9.47 Å². The van der Waals surface area contributed by atoms with Crippen molar-refractivity contribution in [3.8, 4) is 0 Å². The molecule has 98 valence electrons. The summed E-state index contributed by atoms with van der Waals surface area (Å²) < 4.78 is 11.5. The Morgan fingerprint density at radius 1 is 1.17 bits per heavy atom. The molecular weight excluding hydrogens is 228 g/mol. The third-order valence-corrected chi connectivity index (χ3v) is 3.87. The van der Waals surface area contributed by atoms with Crippen LogP contribution < -0.4 is 10.6 Å². The zero-order valence-corrected chi connectivity index (χ0v) is 10.8. The first-order valence-corrected chi connectivity index (χ1v) is 6.58. The fourth-order valence-corrected chi connectivity index (χ4v) is 2.80. The van der Waals surface area contributed by atoms with Crippen LogP contribution in [0.3, 0.4) is 0 Å². The smallest absolute Gasteiger partial charge is 0.171 e. The molecule has 0 aromatic heterocycles. The van der Waals surface area contributed by atoms with E-state index >= 15 is 0 Å². The molecule has 0 bridgehead atoms. The van der Waals surface area contributed by atoms with Gasteiger partial charge in [-0.05, 0) is 24.6 Å². The van der Waals surface area contributed by atoms with Crippen LogP contribution >= 0.6 is 0 Å². The van der Waals surface area contributed by atoms with Crippen molar-refractivity contribution in [2.45, 2.75) is 25.6 Å². The summed E-state index contributed by atoms with van der Waals surface area (Å²) in [4.78, 5) is 2.33. The van der Waals surface area contributed by atoms with Crippen LogP contribution in [0, 0.1) is 6.92 Å². The van der Waals surface area contributed by atoms with Gasteiger partial charge in [0, 0.05) is 25.9 Å². The van der Waals surface area contributed by atoms with Gasteiger partial charge in [-0.3, -0.25) is 0 Å². The monoisotopic (exact) mass is 248 g/mol. The maximum absolute atomic E-state index is 6.06.